The summed E-state index contributed by atoms with van der Waals surface area (Å²) in [6, 6.07) is 0. The molecule has 3 N–H and O–H groups in total. The predicted octanol–water partition coefficient (Wildman–Crippen LogP) is 1.81. The lowest BCUT2D eigenvalue weighted by Crippen LogP contribution is -2.37. The first-order valence-corrected chi connectivity index (χ1v) is 7.80. The summed E-state index contributed by atoms with van der Waals surface area (Å²) in [7, 11) is 0. The molecule has 0 bridgehead atoms. The maximum Gasteiger partial charge on any atom is 0.134 e. The van der Waals surface area contributed by atoms with Crippen molar-refractivity contribution in [3.8, 4) is 0 Å². The Morgan fingerprint density at radius 3 is 2.62 bits per heavy atom. The van der Waals surface area contributed by atoms with E-state index >= 15 is 0 Å². The second kappa shape index (κ2) is 7.56. The molecule has 0 aliphatic carbocycles. The summed E-state index contributed by atoms with van der Waals surface area (Å²) in [4.78, 5) is 8.69. The van der Waals surface area contributed by atoms with Gasteiger partial charge in [-0.25, -0.2) is 9.97 Å². The summed E-state index contributed by atoms with van der Waals surface area (Å²) in [6.07, 6.45) is 5.21. The lowest BCUT2D eigenvalue weighted by Gasteiger charge is -2.22. The van der Waals surface area contributed by atoms with Crippen molar-refractivity contribution in [2.75, 3.05) is 36.9 Å². The monoisotopic (exact) mass is 294 g/mol. The van der Waals surface area contributed by atoms with Gasteiger partial charge in [0.05, 0.1) is 6.61 Å². The van der Waals surface area contributed by atoms with Gasteiger partial charge in [0.25, 0.3) is 0 Å². The number of anilines is 2. The lowest BCUT2D eigenvalue weighted by molar-refractivity contribution is 0.0381. The quantitative estimate of drug-likeness (QED) is 0.678. The molecule has 1 aliphatic heterocycles. The average Bonchev–Trinajstić information content (AvgIpc) is 2.92. The van der Waals surface area contributed by atoms with Gasteiger partial charge >= 0.3 is 0 Å². The van der Waals surface area contributed by atoms with Crippen molar-refractivity contribution in [1.82, 2.24) is 9.97 Å². The van der Waals surface area contributed by atoms with Gasteiger partial charge < -0.3 is 20.5 Å². The highest BCUT2D eigenvalue weighted by Crippen LogP contribution is 2.24. The molecule has 2 heterocycles. The molecule has 0 radical (unpaired) electrons. The molecule has 6 nitrogen and oxygen atoms in total. The van der Waals surface area contributed by atoms with Crippen LogP contribution in [0.4, 0.5) is 11.6 Å². The van der Waals surface area contributed by atoms with Crippen LogP contribution in [0.2, 0.25) is 0 Å². The van der Waals surface area contributed by atoms with E-state index in [2.05, 4.69) is 34.4 Å². The minimum atomic E-state index is -0.786. The first-order valence-electron chi connectivity index (χ1n) is 7.80. The molecule has 0 saturated carbocycles. The highest BCUT2D eigenvalue weighted by Gasteiger charge is 2.32. The van der Waals surface area contributed by atoms with Crippen molar-refractivity contribution in [2.24, 2.45) is 0 Å². The fourth-order valence-corrected chi connectivity index (χ4v) is 2.43. The van der Waals surface area contributed by atoms with Crippen LogP contribution in [-0.2, 0) is 11.2 Å². The third kappa shape index (κ3) is 4.28. The SMILES string of the molecule is CCCNc1ncnc(NCC2(O)CCOC2)c1CCC. The topological polar surface area (TPSA) is 79.3 Å². The van der Waals surface area contributed by atoms with Crippen LogP contribution in [0.25, 0.3) is 0 Å². The van der Waals surface area contributed by atoms with E-state index in [1.54, 1.807) is 6.33 Å². The molecule has 1 fully saturated rings. The minimum Gasteiger partial charge on any atom is -0.386 e. The highest BCUT2D eigenvalue weighted by atomic mass is 16.5. The minimum absolute atomic E-state index is 0.384. The first-order chi connectivity index (χ1) is 10.2. The Bertz CT molecular complexity index is 447. The number of nitrogens with zero attached hydrogens (tertiary/aromatic N) is 2. The second-order valence-corrected chi connectivity index (χ2v) is 5.61. The molecule has 0 aromatic carbocycles. The van der Waals surface area contributed by atoms with Gasteiger partial charge in [-0.1, -0.05) is 20.3 Å². The van der Waals surface area contributed by atoms with E-state index < -0.39 is 5.60 Å². The number of ether oxygens (including phenoxy) is 1. The number of hydrogen-bond donors (Lipinski definition) is 3. The molecule has 21 heavy (non-hydrogen) atoms. The number of aromatic nitrogens is 2. The van der Waals surface area contributed by atoms with Gasteiger partial charge in [-0.3, -0.25) is 0 Å². The van der Waals surface area contributed by atoms with Crippen LogP contribution < -0.4 is 10.6 Å². The summed E-state index contributed by atoms with van der Waals surface area (Å²) in [5, 5.41) is 17.0. The Morgan fingerprint density at radius 2 is 2.00 bits per heavy atom. The highest BCUT2D eigenvalue weighted by molar-refractivity contribution is 5.57. The van der Waals surface area contributed by atoms with E-state index in [-0.39, 0.29) is 0 Å². The molecule has 0 spiro atoms. The van der Waals surface area contributed by atoms with E-state index in [1.165, 1.54) is 0 Å². The number of nitrogens with one attached hydrogen (secondary N) is 2. The number of hydrogen-bond acceptors (Lipinski definition) is 6. The standard InChI is InChI=1S/C15H26N4O2/c1-3-5-12-13(16-7-4-2)18-11-19-14(12)17-9-15(20)6-8-21-10-15/h11,20H,3-10H2,1-2H3,(H2,16,17,18,19). The van der Waals surface area contributed by atoms with Crippen LogP contribution in [0.1, 0.15) is 38.7 Å². The molecule has 6 heteroatoms. The van der Waals surface area contributed by atoms with Crippen molar-refractivity contribution < 1.29 is 9.84 Å². The summed E-state index contributed by atoms with van der Waals surface area (Å²) >= 11 is 0. The zero-order chi connectivity index (χ0) is 15.1. The van der Waals surface area contributed by atoms with Crippen molar-refractivity contribution >= 4 is 11.6 Å². The Labute approximate surface area is 126 Å². The van der Waals surface area contributed by atoms with Crippen LogP contribution in [0.5, 0.6) is 0 Å². The van der Waals surface area contributed by atoms with E-state index in [1.807, 2.05) is 0 Å². The van der Waals surface area contributed by atoms with Crippen LogP contribution in [0.15, 0.2) is 6.33 Å². The van der Waals surface area contributed by atoms with Crippen LogP contribution in [0, 0.1) is 0 Å². The van der Waals surface area contributed by atoms with Gasteiger partial charge in [0.2, 0.25) is 0 Å². The molecule has 1 aromatic rings. The Morgan fingerprint density at radius 1 is 1.24 bits per heavy atom. The van der Waals surface area contributed by atoms with Gasteiger partial charge in [0.1, 0.15) is 23.6 Å². The second-order valence-electron chi connectivity index (χ2n) is 5.61. The summed E-state index contributed by atoms with van der Waals surface area (Å²) in [5.74, 6) is 1.71. The van der Waals surface area contributed by atoms with E-state index in [4.69, 9.17) is 4.74 Å². The van der Waals surface area contributed by atoms with Crippen molar-refractivity contribution in [3.63, 3.8) is 0 Å². The Kier molecular flexibility index (Phi) is 5.76. The van der Waals surface area contributed by atoms with Crippen LogP contribution in [-0.4, -0.2) is 47.0 Å². The van der Waals surface area contributed by atoms with E-state index in [9.17, 15) is 5.11 Å². The third-order valence-electron chi connectivity index (χ3n) is 3.66. The molecule has 1 aliphatic rings. The fraction of sp³-hybridized carbons (Fsp3) is 0.733. The normalized spacial score (nSPS) is 21.5. The van der Waals surface area contributed by atoms with Crippen LogP contribution in [0.3, 0.4) is 0 Å². The number of aliphatic hydroxyl groups is 1. The van der Waals surface area contributed by atoms with Crippen molar-refractivity contribution in [3.05, 3.63) is 11.9 Å². The third-order valence-corrected chi connectivity index (χ3v) is 3.66. The van der Waals surface area contributed by atoms with E-state index in [0.717, 1.165) is 43.0 Å². The van der Waals surface area contributed by atoms with Gasteiger partial charge in [-0.2, -0.15) is 0 Å². The van der Waals surface area contributed by atoms with Crippen molar-refractivity contribution in [1.29, 1.82) is 0 Å². The van der Waals surface area contributed by atoms with E-state index in [0.29, 0.717) is 26.2 Å². The van der Waals surface area contributed by atoms with Gasteiger partial charge in [0.15, 0.2) is 0 Å². The first kappa shape index (κ1) is 16.0. The van der Waals surface area contributed by atoms with Gasteiger partial charge in [0, 0.05) is 31.7 Å². The maximum atomic E-state index is 10.3. The molecule has 1 unspecified atom stereocenters. The maximum absolute atomic E-state index is 10.3. The molecule has 0 amide bonds. The molecule has 1 atom stereocenters. The molecular formula is C15H26N4O2. The Balaban J connectivity index is 2.09. The van der Waals surface area contributed by atoms with Gasteiger partial charge in [-0.15, -0.1) is 0 Å². The predicted molar refractivity (Wildman–Crippen MR) is 83.7 cm³/mol. The zero-order valence-electron chi connectivity index (χ0n) is 13.0. The van der Waals surface area contributed by atoms with Crippen molar-refractivity contribution in [2.45, 2.75) is 45.1 Å². The van der Waals surface area contributed by atoms with Crippen LogP contribution >= 0.6 is 0 Å². The lowest BCUT2D eigenvalue weighted by atomic mass is 10.0. The molecule has 2 rings (SSSR count). The zero-order valence-corrected chi connectivity index (χ0v) is 13.0. The largest absolute Gasteiger partial charge is 0.386 e. The smallest absolute Gasteiger partial charge is 0.134 e. The molecular weight excluding hydrogens is 268 g/mol. The Hall–Kier alpha value is -1.40. The van der Waals surface area contributed by atoms with Gasteiger partial charge in [-0.05, 0) is 12.8 Å². The average molecular weight is 294 g/mol. The fourth-order valence-electron chi connectivity index (χ4n) is 2.43. The molecule has 1 aromatic heterocycles. The summed E-state index contributed by atoms with van der Waals surface area (Å²) in [5.41, 5.74) is 0.307. The molecule has 1 saturated heterocycles. The number of rotatable bonds is 8. The summed E-state index contributed by atoms with van der Waals surface area (Å²) in [6.45, 7) is 6.61. The summed E-state index contributed by atoms with van der Waals surface area (Å²) < 4.78 is 5.27. The molecule has 118 valence electrons.